The molecule has 2 fully saturated rings. The highest BCUT2D eigenvalue weighted by atomic mass is 32.2. The number of fused-ring (bicyclic) bond motifs is 1. The van der Waals surface area contributed by atoms with Gasteiger partial charge in [0.2, 0.25) is 6.17 Å². The summed E-state index contributed by atoms with van der Waals surface area (Å²) in [6, 6.07) is 33.2. The number of nitrogens with one attached hydrogen (secondary N) is 1. The highest BCUT2D eigenvalue weighted by Gasteiger charge is 2.63. The standard InChI is InChI=1S/C24H24N2OS/c27-25-17-22-24(20-12-6-2-7-13-20)28-18-26(22,21-14-8-3-9-15-21)23(25)16-19-10-4-1-5-11-19/h1-14,22-25H,16-18H2/q+1. The van der Waals surface area contributed by atoms with E-state index in [4.69, 9.17) is 0 Å². The van der Waals surface area contributed by atoms with Gasteiger partial charge in [0.25, 0.3) is 0 Å². The van der Waals surface area contributed by atoms with Gasteiger partial charge in [-0.15, -0.1) is 0 Å². The maximum atomic E-state index is 13.3. The molecular weight excluding hydrogens is 364 g/mol. The second-order valence-corrected chi connectivity index (χ2v) is 8.85. The van der Waals surface area contributed by atoms with Crippen LogP contribution in [0.2, 0.25) is 0 Å². The average molecular weight is 389 g/mol. The van der Waals surface area contributed by atoms with Gasteiger partial charge in [0.05, 0.1) is 11.7 Å². The van der Waals surface area contributed by atoms with Crippen molar-refractivity contribution in [3.05, 3.63) is 107 Å². The van der Waals surface area contributed by atoms with Gasteiger partial charge in [-0.25, -0.2) is 4.48 Å². The van der Waals surface area contributed by atoms with E-state index in [-0.39, 0.29) is 12.2 Å². The van der Waals surface area contributed by atoms with Gasteiger partial charge < -0.3 is 10.3 Å². The molecule has 2 saturated heterocycles. The van der Waals surface area contributed by atoms with E-state index in [2.05, 4.69) is 72.8 Å². The Kier molecular flexibility index (Phi) is 4.73. The Morgan fingerprint density at radius 2 is 1.68 bits per heavy atom. The molecule has 0 aliphatic carbocycles. The van der Waals surface area contributed by atoms with Crippen LogP contribution in [0.3, 0.4) is 0 Å². The molecule has 0 saturated carbocycles. The lowest BCUT2D eigenvalue weighted by Gasteiger charge is -2.38. The molecule has 0 spiro atoms. The lowest BCUT2D eigenvalue weighted by molar-refractivity contribution is -0.867. The Balaban J connectivity index is 1.58. The molecule has 2 aliphatic heterocycles. The Morgan fingerprint density at radius 1 is 0.964 bits per heavy atom. The fraction of sp³-hybridized carbons (Fsp3) is 0.250. The summed E-state index contributed by atoms with van der Waals surface area (Å²) in [7, 11) is 0. The summed E-state index contributed by atoms with van der Waals surface area (Å²) < 4.78 is 0.735. The summed E-state index contributed by atoms with van der Waals surface area (Å²) in [5.74, 6) is 0.925. The predicted octanol–water partition coefficient (Wildman–Crippen LogP) is 3.57. The summed E-state index contributed by atoms with van der Waals surface area (Å²) in [5.41, 5.74) is 3.73. The van der Waals surface area contributed by atoms with Crippen LogP contribution in [0.15, 0.2) is 84.9 Å². The zero-order chi connectivity index (χ0) is 19.0. The van der Waals surface area contributed by atoms with E-state index in [1.165, 1.54) is 11.1 Å². The predicted molar refractivity (Wildman–Crippen MR) is 116 cm³/mol. The van der Waals surface area contributed by atoms with Gasteiger partial charge in [-0.1, -0.05) is 84.6 Å². The number of hydrogen-bond acceptors (Lipinski definition) is 2. The number of para-hydroxylation sites is 1. The second-order valence-electron chi connectivity index (χ2n) is 7.75. The van der Waals surface area contributed by atoms with Crippen molar-refractivity contribution >= 4 is 17.4 Å². The molecule has 1 N–H and O–H groups in total. The molecule has 5 rings (SSSR count). The largest absolute Gasteiger partial charge is 0.630 e. The molecule has 1 radical (unpaired) electrons. The molecule has 0 aromatic heterocycles. The fourth-order valence-corrected chi connectivity index (χ4v) is 6.78. The summed E-state index contributed by atoms with van der Waals surface area (Å²) >= 11 is 2.00. The Hall–Kier alpha value is -2.11. The van der Waals surface area contributed by atoms with Gasteiger partial charge in [-0.05, 0) is 17.2 Å². The minimum atomic E-state index is -0.0349. The quantitative estimate of drug-likeness (QED) is 0.547. The smallest absolute Gasteiger partial charge is 0.224 e. The Labute approximate surface area is 170 Å². The van der Waals surface area contributed by atoms with Crippen molar-refractivity contribution in [1.82, 2.24) is 4.48 Å². The topological polar surface area (TPSA) is 27.5 Å². The van der Waals surface area contributed by atoms with Gasteiger partial charge in [0.1, 0.15) is 18.1 Å². The molecule has 28 heavy (non-hydrogen) atoms. The third kappa shape index (κ3) is 2.88. The van der Waals surface area contributed by atoms with Gasteiger partial charge in [-0.2, -0.15) is 0 Å². The first-order valence-corrected chi connectivity index (χ1v) is 10.9. The first-order chi connectivity index (χ1) is 13.8. The number of hydrogen-bond donors (Lipinski definition) is 1. The molecule has 5 atom stereocenters. The van der Waals surface area contributed by atoms with Crippen LogP contribution in [-0.4, -0.2) is 24.6 Å². The van der Waals surface area contributed by atoms with E-state index < -0.39 is 0 Å². The highest BCUT2D eigenvalue weighted by Crippen LogP contribution is 2.51. The number of nitrogens with zero attached hydrogens (tertiary/aromatic N) is 1. The molecule has 4 heteroatoms. The normalized spacial score (nSPS) is 31.6. The average Bonchev–Trinajstić information content (AvgIpc) is 3.25. The van der Waals surface area contributed by atoms with E-state index in [9.17, 15) is 5.21 Å². The van der Waals surface area contributed by atoms with Crippen molar-refractivity contribution in [2.75, 3.05) is 12.4 Å². The maximum Gasteiger partial charge on any atom is 0.224 e. The monoisotopic (exact) mass is 388 g/mol. The molecule has 3 aromatic rings. The summed E-state index contributed by atoms with van der Waals surface area (Å²) in [6.07, 6.45) is 0.758. The molecule has 3 aromatic carbocycles. The highest BCUT2D eigenvalue weighted by molar-refractivity contribution is 7.99. The fourth-order valence-electron chi connectivity index (χ4n) is 4.98. The first-order valence-electron chi connectivity index (χ1n) is 9.87. The maximum absolute atomic E-state index is 13.3. The zero-order valence-corrected chi connectivity index (χ0v) is 16.5. The molecule has 0 amide bonds. The van der Waals surface area contributed by atoms with Crippen molar-refractivity contribution in [1.29, 1.82) is 0 Å². The minimum Gasteiger partial charge on any atom is -0.630 e. The van der Waals surface area contributed by atoms with E-state index in [0.717, 1.165) is 22.5 Å². The van der Waals surface area contributed by atoms with E-state index >= 15 is 0 Å². The molecule has 0 bridgehead atoms. The first kappa shape index (κ1) is 18.0. The molecule has 3 nitrogen and oxygen atoms in total. The van der Waals surface area contributed by atoms with E-state index in [1.807, 2.05) is 30.0 Å². The number of quaternary nitrogens is 2. The molecule has 5 unspecified atom stereocenters. The van der Waals surface area contributed by atoms with Gasteiger partial charge in [0, 0.05) is 12.1 Å². The van der Waals surface area contributed by atoms with Crippen molar-refractivity contribution in [3.63, 3.8) is 0 Å². The van der Waals surface area contributed by atoms with Crippen LogP contribution in [0, 0.1) is 11.3 Å². The second kappa shape index (κ2) is 7.37. The van der Waals surface area contributed by atoms with Gasteiger partial charge in [-0.3, -0.25) is 0 Å². The number of benzene rings is 3. The van der Waals surface area contributed by atoms with Crippen LogP contribution in [0.4, 0.5) is 5.69 Å². The Bertz CT molecular complexity index is 917. The number of thioether (sulfide) groups is 1. The van der Waals surface area contributed by atoms with Crippen molar-refractivity contribution < 1.29 is 5.06 Å². The lowest BCUT2D eigenvalue weighted by Crippen LogP contribution is -3.11. The SMILES string of the molecule is [O-][NH+]1CC2C(c3ccccc3)SC[N+]2(c2[c]cccc2)C1Cc1ccccc1. The van der Waals surface area contributed by atoms with Crippen LogP contribution >= 0.6 is 11.8 Å². The summed E-state index contributed by atoms with van der Waals surface area (Å²) in [5, 5.41) is 14.1. The third-order valence-electron chi connectivity index (χ3n) is 6.29. The number of hydroxylamine groups is 2. The van der Waals surface area contributed by atoms with E-state index in [0.29, 0.717) is 16.9 Å². The van der Waals surface area contributed by atoms with Crippen LogP contribution in [0.5, 0.6) is 0 Å². The van der Waals surface area contributed by atoms with E-state index in [1.54, 1.807) is 0 Å². The van der Waals surface area contributed by atoms with Gasteiger partial charge >= 0.3 is 0 Å². The zero-order valence-electron chi connectivity index (χ0n) is 15.7. The van der Waals surface area contributed by atoms with Crippen molar-refractivity contribution in [2.45, 2.75) is 23.9 Å². The molecule has 2 heterocycles. The summed E-state index contributed by atoms with van der Waals surface area (Å²) in [4.78, 5) is 0. The Morgan fingerprint density at radius 3 is 2.39 bits per heavy atom. The van der Waals surface area contributed by atoms with Gasteiger partial charge in [0.15, 0.2) is 6.04 Å². The molecular formula is C24H24N2OS+. The summed E-state index contributed by atoms with van der Waals surface area (Å²) in [6.45, 7) is 0.646. The van der Waals surface area contributed by atoms with Crippen molar-refractivity contribution in [2.24, 2.45) is 0 Å². The van der Waals surface area contributed by atoms with Crippen LogP contribution < -0.4 is 9.55 Å². The minimum absolute atomic E-state index is 0.0349. The molecule has 2 aliphatic rings. The number of rotatable bonds is 4. The van der Waals surface area contributed by atoms with Crippen molar-refractivity contribution in [3.8, 4) is 0 Å². The third-order valence-corrected chi connectivity index (χ3v) is 7.81. The lowest BCUT2D eigenvalue weighted by atomic mass is 10.0. The molecule has 141 valence electrons. The van der Waals surface area contributed by atoms with Crippen LogP contribution in [0.1, 0.15) is 16.4 Å². The van der Waals surface area contributed by atoms with Crippen LogP contribution in [-0.2, 0) is 6.42 Å². The van der Waals surface area contributed by atoms with Crippen LogP contribution in [0.25, 0.3) is 0 Å².